The molecule has 9 nitrogen and oxygen atoms in total. The van der Waals surface area contributed by atoms with Gasteiger partial charge in [0.15, 0.2) is 6.10 Å². The van der Waals surface area contributed by atoms with Crippen LogP contribution in [0, 0.1) is 0 Å². The minimum Gasteiger partial charge on any atom is -0.756 e. The minimum atomic E-state index is -4.63. The third-order valence-electron chi connectivity index (χ3n) is 11.3. The van der Waals surface area contributed by atoms with Crippen molar-refractivity contribution >= 4 is 19.8 Å². The number of esters is 2. The molecule has 0 aliphatic carbocycles. The molecule has 0 aliphatic rings. The van der Waals surface area contributed by atoms with E-state index in [1.54, 1.807) is 0 Å². The number of phosphoric ester groups is 1. The second-order valence-electron chi connectivity index (χ2n) is 18.5. The molecule has 0 aliphatic heterocycles. The van der Waals surface area contributed by atoms with Gasteiger partial charge in [0, 0.05) is 12.8 Å². The number of hydrogen-bond acceptors (Lipinski definition) is 8. The predicted octanol–water partition coefficient (Wildman–Crippen LogP) is 14.3. The van der Waals surface area contributed by atoms with E-state index in [1.807, 2.05) is 21.1 Å². The molecule has 1 unspecified atom stereocenters. The Labute approximate surface area is 371 Å². The van der Waals surface area contributed by atoms with Crippen LogP contribution in [0.3, 0.4) is 0 Å². The highest BCUT2D eigenvalue weighted by Crippen LogP contribution is 2.38. The molecule has 0 spiro atoms. The first-order valence-electron chi connectivity index (χ1n) is 25.4. The summed E-state index contributed by atoms with van der Waals surface area (Å²) in [7, 11) is 1.16. The zero-order valence-electron chi connectivity index (χ0n) is 40.2. The number of carbonyl (C=O) groups is 2. The lowest BCUT2D eigenvalue weighted by molar-refractivity contribution is -0.870. The zero-order chi connectivity index (χ0) is 44.3. The van der Waals surface area contributed by atoms with E-state index < -0.39 is 26.5 Å². The van der Waals surface area contributed by atoms with Gasteiger partial charge in [-0.05, 0) is 32.1 Å². The van der Waals surface area contributed by atoms with Crippen LogP contribution in [0.1, 0.15) is 245 Å². The minimum absolute atomic E-state index is 0.0318. The van der Waals surface area contributed by atoms with Gasteiger partial charge < -0.3 is 27.9 Å². The molecule has 0 radical (unpaired) electrons. The second-order valence-corrected chi connectivity index (χ2v) is 20.0. The molecule has 0 saturated heterocycles. The van der Waals surface area contributed by atoms with Gasteiger partial charge in [0.05, 0.1) is 27.7 Å². The summed E-state index contributed by atoms with van der Waals surface area (Å²) in [5.41, 5.74) is 0. The van der Waals surface area contributed by atoms with Gasteiger partial charge in [0.2, 0.25) is 0 Å². The molecule has 0 aromatic carbocycles. The van der Waals surface area contributed by atoms with Gasteiger partial charge in [-0.1, -0.05) is 212 Å². The zero-order valence-corrected chi connectivity index (χ0v) is 41.1. The lowest BCUT2D eigenvalue weighted by atomic mass is 10.0. The summed E-state index contributed by atoms with van der Waals surface area (Å²) in [5.74, 6) is -0.858. The SMILES string of the molecule is CCCCCCCCCCCCCCCCCCCC/C=C/CCCC(=O)O[C@H](COC(=O)CCCCCCCCCCCCCCC)COP(=O)([O-])OCC[N+](C)(C)C. The maximum atomic E-state index is 12.7. The molecule has 2 atom stereocenters. The molecule has 60 heavy (non-hydrogen) atoms. The van der Waals surface area contributed by atoms with Crippen molar-refractivity contribution in [3.05, 3.63) is 12.2 Å². The Hall–Kier alpha value is -1.25. The van der Waals surface area contributed by atoms with E-state index in [1.165, 1.54) is 180 Å². The molecule has 0 amide bonds. The topological polar surface area (TPSA) is 111 Å². The maximum Gasteiger partial charge on any atom is 0.306 e. The van der Waals surface area contributed by atoms with Crippen LogP contribution in [0.25, 0.3) is 0 Å². The summed E-state index contributed by atoms with van der Waals surface area (Å²) in [4.78, 5) is 37.6. The molecular weight excluding hydrogens is 774 g/mol. The van der Waals surface area contributed by atoms with E-state index in [-0.39, 0.29) is 32.0 Å². The number of unbranched alkanes of at least 4 members (excludes halogenated alkanes) is 31. The first kappa shape index (κ1) is 58.8. The summed E-state index contributed by atoms with van der Waals surface area (Å²) in [6.07, 6.45) is 46.9. The molecule has 0 aromatic rings. The smallest absolute Gasteiger partial charge is 0.306 e. The van der Waals surface area contributed by atoms with Gasteiger partial charge in [0.1, 0.15) is 19.8 Å². The van der Waals surface area contributed by atoms with Crippen LogP contribution >= 0.6 is 7.82 Å². The lowest BCUT2D eigenvalue weighted by Crippen LogP contribution is -2.37. The van der Waals surface area contributed by atoms with Crippen molar-refractivity contribution in [1.29, 1.82) is 0 Å². The van der Waals surface area contributed by atoms with Gasteiger partial charge in [-0.15, -0.1) is 0 Å². The van der Waals surface area contributed by atoms with Gasteiger partial charge in [-0.3, -0.25) is 14.2 Å². The summed E-state index contributed by atoms with van der Waals surface area (Å²) in [6, 6.07) is 0. The van der Waals surface area contributed by atoms with Gasteiger partial charge in [0.25, 0.3) is 7.82 Å². The molecule has 0 rings (SSSR count). The van der Waals surface area contributed by atoms with Gasteiger partial charge in [-0.2, -0.15) is 0 Å². The standard InChI is InChI=1S/C50H98NO8P/c1-6-8-10-12-14-16-18-20-21-22-23-24-25-26-27-28-29-31-33-35-37-39-41-43-50(53)59-48(47-58-60(54,55)57-45-44-51(3,4)5)46-56-49(52)42-40-38-36-34-32-30-19-17-15-13-11-9-7-2/h35,37,48H,6-34,36,38-47H2,1-5H3/b37-35+/t48-/m1/s1. The normalized spacial score (nSPS) is 13.5. The number of allylic oxidation sites excluding steroid dienone is 2. The Kier molecular flexibility index (Phi) is 42.1. The predicted molar refractivity (Wildman–Crippen MR) is 250 cm³/mol. The van der Waals surface area contributed by atoms with Crippen molar-refractivity contribution < 1.29 is 42.1 Å². The Balaban J connectivity index is 4.21. The van der Waals surface area contributed by atoms with Crippen LogP contribution < -0.4 is 4.89 Å². The molecule has 0 N–H and O–H groups in total. The van der Waals surface area contributed by atoms with Crippen LogP contribution in [0.15, 0.2) is 12.2 Å². The van der Waals surface area contributed by atoms with Crippen LogP contribution in [-0.4, -0.2) is 70.0 Å². The molecule has 0 bridgehead atoms. The first-order valence-corrected chi connectivity index (χ1v) is 26.9. The highest BCUT2D eigenvalue weighted by Gasteiger charge is 2.21. The average Bonchev–Trinajstić information content (AvgIpc) is 3.20. The number of quaternary nitrogens is 1. The summed E-state index contributed by atoms with van der Waals surface area (Å²) >= 11 is 0. The van der Waals surface area contributed by atoms with Crippen molar-refractivity contribution in [3.8, 4) is 0 Å². The summed E-state index contributed by atoms with van der Waals surface area (Å²) in [6.45, 7) is 4.24. The van der Waals surface area contributed by atoms with E-state index in [2.05, 4.69) is 26.0 Å². The van der Waals surface area contributed by atoms with E-state index in [4.69, 9.17) is 18.5 Å². The molecule has 0 aromatic heterocycles. The van der Waals surface area contributed by atoms with Gasteiger partial charge >= 0.3 is 11.9 Å². The van der Waals surface area contributed by atoms with Crippen molar-refractivity contribution in [2.24, 2.45) is 0 Å². The lowest BCUT2D eigenvalue weighted by Gasteiger charge is -2.28. The van der Waals surface area contributed by atoms with Crippen LogP contribution in [-0.2, 0) is 32.7 Å². The van der Waals surface area contributed by atoms with Crippen molar-refractivity contribution in [1.82, 2.24) is 0 Å². The largest absolute Gasteiger partial charge is 0.756 e. The van der Waals surface area contributed by atoms with Crippen LogP contribution in [0.2, 0.25) is 0 Å². The number of rotatable bonds is 47. The molecule has 356 valence electrons. The molecular formula is C50H98NO8P. The Morgan fingerprint density at radius 1 is 0.500 bits per heavy atom. The number of phosphoric acid groups is 1. The Morgan fingerprint density at radius 2 is 0.867 bits per heavy atom. The van der Waals surface area contributed by atoms with Crippen LogP contribution in [0.4, 0.5) is 0 Å². The van der Waals surface area contributed by atoms with Crippen molar-refractivity contribution in [2.75, 3.05) is 47.5 Å². The first-order chi connectivity index (χ1) is 29.0. The number of carbonyl (C=O) groups excluding carboxylic acids is 2. The van der Waals surface area contributed by atoms with Crippen LogP contribution in [0.5, 0.6) is 0 Å². The maximum absolute atomic E-state index is 12.7. The quantitative estimate of drug-likeness (QED) is 0.0195. The molecule has 10 heteroatoms. The van der Waals surface area contributed by atoms with E-state index in [9.17, 15) is 19.0 Å². The Bertz CT molecular complexity index is 1030. The molecule has 0 saturated carbocycles. The fourth-order valence-electron chi connectivity index (χ4n) is 7.31. The highest BCUT2D eigenvalue weighted by molar-refractivity contribution is 7.45. The Morgan fingerprint density at radius 3 is 1.28 bits per heavy atom. The second kappa shape index (κ2) is 43.0. The highest BCUT2D eigenvalue weighted by atomic mass is 31.2. The number of likely N-dealkylation sites (N-methyl/N-ethyl adjacent to an activating group) is 1. The monoisotopic (exact) mass is 872 g/mol. The van der Waals surface area contributed by atoms with E-state index in [0.717, 1.165) is 32.1 Å². The average molecular weight is 872 g/mol. The molecule has 0 fully saturated rings. The molecule has 0 heterocycles. The van der Waals surface area contributed by atoms with Gasteiger partial charge in [-0.25, -0.2) is 0 Å². The fourth-order valence-corrected chi connectivity index (χ4v) is 8.04. The van der Waals surface area contributed by atoms with Crippen molar-refractivity contribution in [2.45, 2.75) is 251 Å². The number of ether oxygens (including phenoxy) is 2. The third-order valence-corrected chi connectivity index (χ3v) is 12.2. The fraction of sp³-hybridized carbons (Fsp3) is 0.920. The summed E-state index contributed by atoms with van der Waals surface area (Å²) < 4.78 is 34.0. The van der Waals surface area contributed by atoms with E-state index >= 15 is 0 Å². The van der Waals surface area contributed by atoms with E-state index in [0.29, 0.717) is 17.4 Å². The van der Waals surface area contributed by atoms with Crippen molar-refractivity contribution in [3.63, 3.8) is 0 Å². The third kappa shape index (κ3) is 46.3. The number of hydrogen-bond donors (Lipinski definition) is 0. The summed E-state index contributed by atoms with van der Waals surface area (Å²) in [5, 5.41) is 0. The number of nitrogens with zero attached hydrogens (tertiary/aromatic N) is 1.